The van der Waals surface area contributed by atoms with Gasteiger partial charge in [-0.15, -0.1) is 10.2 Å². The number of para-hydroxylation sites is 1. The summed E-state index contributed by atoms with van der Waals surface area (Å²) in [6.07, 6.45) is 5.45. The number of aromatic nitrogens is 4. The van der Waals surface area contributed by atoms with Crippen LogP contribution < -0.4 is 0 Å². The molecule has 3 heterocycles. The monoisotopic (exact) mass is 423 g/mol. The molecule has 0 radical (unpaired) electrons. The highest BCUT2D eigenvalue weighted by atomic mass is 32.2. The summed E-state index contributed by atoms with van der Waals surface area (Å²) in [6, 6.07) is 13.7. The fraction of sp³-hybridized carbons (Fsp3) is 0.364. The number of likely N-dealkylation sites (N-methyl/N-ethyl adjacent to an activating group) is 1. The second kappa shape index (κ2) is 9.86. The van der Waals surface area contributed by atoms with Crippen LogP contribution in [0, 0.1) is 0 Å². The van der Waals surface area contributed by atoms with Gasteiger partial charge in [0.15, 0.2) is 11.0 Å². The van der Waals surface area contributed by atoms with Crippen LogP contribution in [0.4, 0.5) is 0 Å². The van der Waals surface area contributed by atoms with Crippen LogP contribution in [0.2, 0.25) is 0 Å². The standard InChI is InChI=1S/C22H25N5O2S/c1-2-26-13-7-11-19(15-26)29-20(28)16-30-22-25-24-21(17-8-6-12-23-14-17)27(22)18-9-4-3-5-10-18/h3-6,8-10,12,14,19H,2,7,11,13,15-16H2,1H3. The van der Waals surface area contributed by atoms with E-state index in [0.29, 0.717) is 11.0 Å². The van der Waals surface area contributed by atoms with Crippen LogP contribution in [-0.2, 0) is 9.53 Å². The fourth-order valence-electron chi connectivity index (χ4n) is 3.60. The van der Waals surface area contributed by atoms with E-state index in [2.05, 4.69) is 27.0 Å². The van der Waals surface area contributed by atoms with Crippen LogP contribution >= 0.6 is 11.8 Å². The van der Waals surface area contributed by atoms with Crippen LogP contribution in [0.1, 0.15) is 19.8 Å². The summed E-state index contributed by atoms with van der Waals surface area (Å²) >= 11 is 1.34. The molecule has 1 aliphatic heterocycles. The van der Waals surface area contributed by atoms with Gasteiger partial charge in [0.25, 0.3) is 0 Å². The maximum atomic E-state index is 12.5. The second-order valence-corrected chi connectivity index (χ2v) is 8.10. The first-order chi connectivity index (χ1) is 14.7. The Morgan fingerprint density at radius 3 is 2.83 bits per heavy atom. The highest BCUT2D eigenvalue weighted by Crippen LogP contribution is 2.27. The van der Waals surface area contributed by atoms with Crippen molar-refractivity contribution in [1.82, 2.24) is 24.6 Å². The van der Waals surface area contributed by atoms with E-state index in [1.54, 1.807) is 12.4 Å². The Morgan fingerprint density at radius 2 is 2.07 bits per heavy atom. The first-order valence-corrected chi connectivity index (χ1v) is 11.2. The molecular weight excluding hydrogens is 398 g/mol. The summed E-state index contributed by atoms with van der Waals surface area (Å²) in [6.45, 7) is 5.02. The number of esters is 1. The lowest BCUT2D eigenvalue weighted by Gasteiger charge is -2.31. The zero-order valence-corrected chi connectivity index (χ0v) is 17.8. The molecule has 156 valence electrons. The minimum Gasteiger partial charge on any atom is -0.460 e. The van der Waals surface area contributed by atoms with Crippen LogP contribution in [0.3, 0.4) is 0 Å². The predicted octanol–water partition coefficient (Wildman–Crippen LogP) is 3.45. The molecule has 0 amide bonds. The van der Waals surface area contributed by atoms with Gasteiger partial charge in [-0.25, -0.2) is 0 Å². The van der Waals surface area contributed by atoms with Gasteiger partial charge < -0.3 is 4.74 Å². The average molecular weight is 424 g/mol. The Labute approximate surface area is 180 Å². The number of rotatable bonds is 7. The van der Waals surface area contributed by atoms with Crippen molar-refractivity contribution in [3.05, 3.63) is 54.9 Å². The van der Waals surface area contributed by atoms with Crippen molar-refractivity contribution in [3.8, 4) is 17.1 Å². The normalized spacial score (nSPS) is 17.0. The summed E-state index contributed by atoms with van der Waals surface area (Å²) in [5, 5.41) is 9.36. The summed E-state index contributed by atoms with van der Waals surface area (Å²) in [5.74, 6) is 0.671. The molecule has 0 aliphatic carbocycles. The van der Waals surface area contributed by atoms with Gasteiger partial charge in [0.1, 0.15) is 6.10 Å². The van der Waals surface area contributed by atoms with Gasteiger partial charge in [-0.2, -0.15) is 0 Å². The van der Waals surface area contributed by atoms with Gasteiger partial charge in [0.2, 0.25) is 0 Å². The van der Waals surface area contributed by atoms with Crippen LogP contribution in [-0.4, -0.2) is 62.1 Å². The van der Waals surface area contributed by atoms with E-state index in [-0.39, 0.29) is 17.8 Å². The number of ether oxygens (including phenoxy) is 1. The molecule has 1 saturated heterocycles. The molecule has 0 N–H and O–H groups in total. The quantitative estimate of drug-likeness (QED) is 0.426. The lowest BCUT2D eigenvalue weighted by molar-refractivity contribution is -0.148. The lowest BCUT2D eigenvalue weighted by atomic mass is 10.1. The highest BCUT2D eigenvalue weighted by molar-refractivity contribution is 7.99. The van der Waals surface area contributed by atoms with Gasteiger partial charge in [0, 0.05) is 30.2 Å². The molecule has 1 atom stereocenters. The number of piperidine rings is 1. The first kappa shape index (κ1) is 20.6. The molecule has 0 saturated carbocycles. The smallest absolute Gasteiger partial charge is 0.316 e. The molecule has 1 aromatic carbocycles. The minimum absolute atomic E-state index is 0.0234. The Bertz CT molecular complexity index is 964. The number of pyridine rings is 1. The topological polar surface area (TPSA) is 73.1 Å². The number of carbonyl (C=O) groups is 1. The van der Waals surface area contributed by atoms with Crippen molar-refractivity contribution in [2.24, 2.45) is 0 Å². The summed E-state index contributed by atoms with van der Waals surface area (Å²) in [5.41, 5.74) is 1.80. The van der Waals surface area contributed by atoms with Crippen molar-refractivity contribution in [3.63, 3.8) is 0 Å². The Balaban J connectivity index is 1.49. The highest BCUT2D eigenvalue weighted by Gasteiger charge is 2.23. The van der Waals surface area contributed by atoms with E-state index in [1.165, 1.54) is 11.8 Å². The zero-order chi connectivity index (χ0) is 20.8. The molecule has 1 fully saturated rings. The molecule has 8 heteroatoms. The van der Waals surface area contributed by atoms with Crippen molar-refractivity contribution >= 4 is 17.7 Å². The Kier molecular flexibility index (Phi) is 6.76. The van der Waals surface area contributed by atoms with Crippen LogP contribution in [0.5, 0.6) is 0 Å². The number of benzene rings is 1. The predicted molar refractivity (Wildman–Crippen MR) is 117 cm³/mol. The van der Waals surface area contributed by atoms with Gasteiger partial charge in [-0.1, -0.05) is 36.9 Å². The number of carbonyl (C=O) groups excluding carboxylic acids is 1. The zero-order valence-electron chi connectivity index (χ0n) is 17.0. The molecule has 30 heavy (non-hydrogen) atoms. The SMILES string of the molecule is CCN1CCCC(OC(=O)CSc2nnc(-c3cccnc3)n2-c2ccccc2)C1. The number of likely N-dealkylation sites (tertiary alicyclic amines) is 1. The van der Waals surface area contributed by atoms with Crippen molar-refractivity contribution in [1.29, 1.82) is 0 Å². The van der Waals surface area contributed by atoms with Crippen molar-refractivity contribution in [2.75, 3.05) is 25.4 Å². The molecule has 7 nitrogen and oxygen atoms in total. The summed E-state index contributed by atoms with van der Waals surface area (Å²) in [4.78, 5) is 19.0. The van der Waals surface area contributed by atoms with Crippen molar-refractivity contribution in [2.45, 2.75) is 31.0 Å². The van der Waals surface area contributed by atoms with Crippen molar-refractivity contribution < 1.29 is 9.53 Å². The Hall–Kier alpha value is -2.71. The van der Waals surface area contributed by atoms with E-state index < -0.39 is 0 Å². The lowest BCUT2D eigenvalue weighted by Crippen LogP contribution is -2.40. The molecule has 4 rings (SSSR count). The summed E-state index contributed by atoms with van der Waals surface area (Å²) < 4.78 is 7.67. The summed E-state index contributed by atoms with van der Waals surface area (Å²) in [7, 11) is 0. The van der Waals surface area contributed by atoms with Crippen LogP contribution in [0.15, 0.2) is 60.0 Å². The maximum Gasteiger partial charge on any atom is 0.316 e. The van der Waals surface area contributed by atoms with Gasteiger partial charge in [0.05, 0.1) is 5.75 Å². The number of hydrogen-bond donors (Lipinski definition) is 0. The van der Waals surface area contributed by atoms with E-state index >= 15 is 0 Å². The average Bonchev–Trinajstić information content (AvgIpc) is 3.23. The number of thioether (sulfide) groups is 1. The molecule has 1 unspecified atom stereocenters. The third-order valence-electron chi connectivity index (χ3n) is 5.09. The molecule has 1 aliphatic rings. The van der Waals surface area contributed by atoms with E-state index in [1.807, 2.05) is 47.0 Å². The third-order valence-corrected chi connectivity index (χ3v) is 6.00. The number of nitrogens with zero attached hydrogens (tertiary/aromatic N) is 5. The van der Waals surface area contributed by atoms with E-state index in [0.717, 1.165) is 43.7 Å². The largest absolute Gasteiger partial charge is 0.460 e. The molecule has 3 aromatic rings. The third kappa shape index (κ3) is 4.88. The van der Waals surface area contributed by atoms with Gasteiger partial charge >= 0.3 is 5.97 Å². The fourth-order valence-corrected chi connectivity index (χ4v) is 4.33. The minimum atomic E-state index is -0.214. The molecule has 0 bridgehead atoms. The molecule has 0 spiro atoms. The van der Waals surface area contributed by atoms with Crippen LogP contribution in [0.25, 0.3) is 17.1 Å². The molecule has 2 aromatic heterocycles. The second-order valence-electron chi connectivity index (χ2n) is 7.15. The first-order valence-electron chi connectivity index (χ1n) is 10.2. The van der Waals surface area contributed by atoms with Gasteiger partial charge in [-0.05, 0) is 50.2 Å². The van der Waals surface area contributed by atoms with E-state index in [9.17, 15) is 4.79 Å². The Morgan fingerprint density at radius 1 is 1.20 bits per heavy atom. The van der Waals surface area contributed by atoms with E-state index in [4.69, 9.17) is 4.74 Å². The number of hydrogen-bond acceptors (Lipinski definition) is 7. The van der Waals surface area contributed by atoms with Gasteiger partial charge in [-0.3, -0.25) is 19.2 Å². The molecular formula is C22H25N5O2S. The maximum absolute atomic E-state index is 12.5.